The molecule has 1 fully saturated rings. The average molecular weight is 283 g/mol. The van der Waals surface area contributed by atoms with Gasteiger partial charge in [-0.05, 0) is 25.0 Å². The zero-order valence-corrected chi connectivity index (χ0v) is 11.5. The van der Waals surface area contributed by atoms with E-state index in [-0.39, 0.29) is 6.04 Å². The van der Waals surface area contributed by atoms with Crippen molar-refractivity contribution in [3.63, 3.8) is 0 Å². The van der Waals surface area contributed by atoms with Gasteiger partial charge in [-0.1, -0.05) is 11.6 Å². The summed E-state index contributed by atoms with van der Waals surface area (Å²) in [6.45, 7) is 1.92. The molecule has 0 aromatic carbocycles. The fourth-order valence-electron chi connectivity index (χ4n) is 2.28. The van der Waals surface area contributed by atoms with Crippen LogP contribution in [-0.4, -0.2) is 29.3 Å². The first-order chi connectivity index (χ1) is 8.72. The third-order valence-electron chi connectivity index (χ3n) is 3.18. The molecule has 4 nitrogen and oxygen atoms in total. The quantitative estimate of drug-likeness (QED) is 0.890. The van der Waals surface area contributed by atoms with Crippen molar-refractivity contribution >= 4 is 28.8 Å². The molecule has 0 bridgehead atoms. The number of halogens is 1. The number of aromatic nitrogens is 2. The summed E-state index contributed by atoms with van der Waals surface area (Å²) in [5.41, 5.74) is 7.00. The number of hydrogen-bond donors (Lipinski definition) is 2. The third kappa shape index (κ3) is 2.39. The largest absolute Gasteiger partial charge is 0.354 e. The number of aromatic amines is 1. The third-order valence-corrected chi connectivity index (χ3v) is 4.45. The summed E-state index contributed by atoms with van der Waals surface area (Å²) < 4.78 is 0.793. The summed E-state index contributed by atoms with van der Waals surface area (Å²) in [6, 6.07) is 6.24. The highest BCUT2D eigenvalue weighted by Crippen LogP contribution is 2.31. The average Bonchev–Trinajstić information content (AvgIpc) is 2.97. The Morgan fingerprint density at radius 1 is 1.50 bits per heavy atom. The highest BCUT2D eigenvalue weighted by atomic mass is 35.5. The van der Waals surface area contributed by atoms with Crippen LogP contribution in [0.15, 0.2) is 18.2 Å². The molecule has 3 rings (SSSR count). The Bertz CT molecular complexity index is 536. The Morgan fingerprint density at radius 2 is 2.39 bits per heavy atom. The van der Waals surface area contributed by atoms with Gasteiger partial charge in [0.1, 0.15) is 0 Å². The first-order valence-corrected chi connectivity index (χ1v) is 7.23. The van der Waals surface area contributed by atoms with Crippen molar-refractivity contribution in [3.8, 4) is 10.6 Å². The Balaban J connectivity index is 1.80. The molecular weight excluding hydrogens is 268 g/mol. The summed E-state index contributed by atoms with van der Waals surface area (Å²) in [5, 5.41) is 7.44. The Morgan fingerprint density at radius 3 is 3.11 bits per heavy atom. The number of anilines is 1. The smallest absolute Gasteiger partial charge is 0.151 e. The zero-order valence-electron chi connectivity index (χ0n) is 9.90. The highest BCUT2D eigenvalue weighted by molar-refractivity contribution is 7.19. The number of rotatable bonds is 2. The predicted molar refractivity (Wildman–Crippen MR) is 76.3 cm³/mol. The van der Waals surface area contributed by atoms with Crippen molar-refractivity contribution in [2.75, 3.05) is 18.0 Å². The number of nitrogens with zero attached hydrogens (tertiary/aromatic N) is 2. The fourth-order valence-corrected chi connectivity index (χ4v) is 3.29. The van der Waals surface area contributed by atoms with Gasteiger partial charge in [0.15, 0.2) is 5.82 Å². The number of thiophene rings is 1. The van der Waals surface area contributed by atoms with E-state index in [9.17, 15) is 0 Å². The van der Waals surface area contributed by atoms with Crippen molar-refractivity contribution in [2.24, 2.45) is 5.73 Å². The van der Waals surface area contributed by atoms with E-state index in [2.05, 4.69) is 21.2 Å². The van der Waals surface area contributed by atoms with E-state index >= 15 is 0 Å². The van der Waals surface area contributed by atoms with E-state index in [0.717, 1.165) is 46.7 Å². The first kappa shape index (κ1) is 12.0. The molecule has 1 aliphatic heterocycles. The maximum Gasteiger partial charge on any atom is 0.151 e. The normalized spacial score (nSPS) is 20.3. The van der Waals surface area contributed by atoms with Gasteiger partial charge in [-0.2, -0.15) is 5.10 Å². The van der Waals surface area contributed by atoms with E-state index < -0.39 is 0 Å². The highest BCUT2D eigenvalue weighted by Gasteiger charge is 2.19. The van der Waals surface area contributed by atoms with Gasteiger partial charge in [0, 0.05) is 25.2 Å². The molecule has 0 radical (unpaired) electrons. The number of hydrogen-bond acceptors (Lipinski definition) is 4. The molecule has 0 saturated carbocycles. The van der Waals surface area contributed by atoms with Crippen molar-refractivity contribution in [1.82, 2.24) is 10.2 Å². The van der Waals surface area contributed by atoms with Crippen LogP contribution in [0.4, 0.5) is 5.82 Å². The van der Waals surface area contributed by atoms with Gasteiger partial charge < -0.3 is 10.6 Å². The van der Waals surface area contributed by atoms with Crippen LogP contribution in [0.2, 0.25) is 4.34 Å². The summed E-state index contributed by atoms with van der Waals surface area (Å²) in [4.78, 5) is 3.35. The molecule has 18 heavy (non-hydrogen) atoms. The van der Waals surface area contributed by atoms with E-state index in [0.29, 0.717) is 0 Å². The van der Waals surface area contributed by atoms with Crippen LogP contribution in [0.5, 0.6) is 0 Å². The van der Waals surface area contributed by atoms with Crippen molar-refractivity contribution in [1.29, 1.82) is 0 Å². The molecule has 0 amide bonds. The molecular formula is C12H15ClN4S. The minimum absolute atomic E-state index is 0.259. The molecule has 0 spiro atoms. The van der Waals surface area contributed by atoms with Gasteiger partial charge in [-0.15, -0.1) is 11.3 Å². The summed E-state index contributed by atoms with van der Waals surface area (Å²) in [6.07, 6.45) is 2.24. The van der Waals surface area contributed by atoms with Crippen molar-refractivity contribution < 1.29 is 0 Å². The Kier molecular flexibility index (Phi) is 3.28. The molecule has 1 saturated heterocycles. The molecule has 2 aromatic heterocycles. The van der Waals surface area contributed by atoms with Gasteiger partial charge in [0.05, 0.1) is 14.9 Å². The maximum atomic E-state index is 5.99. The lowest BCUT2D eigenvalue weighted by atomic mass is 10.1. The summed E-state index contributed by atoms with van der Waals surface area (Å²) >= 11 is 7.49. The molecule has 3 heterocycles. The van der Waals surface area contributed by atoms with Gasteiger partial charge in [-0.25, -0.2) is 0 Å². The zero-order chi connectivity index (χ0) is 12.5. The molecule has 1 atom stereocenters. The monoisotopic (exact) mass is 282 g/mol. The van der Waals surface area contributed by atoms with Crippen LogP contribution < -0.4 is 10.6 Å². The SMILES string of the molecule is NC1CCCN(c2cc(-c3ccc(Cl)s3)[nH]n2)C1. The lowest BCUT2D eigenvalue weighted by Gasteiger charge is -2.30. The van der Waals surface area contributed by atoms with Crippen LogP contribution in [0.25, 0.3) is 10.6 Å². The minimum Gasteiger partial charge on any atom is -0.354 e. The second kappa shape index (κ2) is 4.91. The topological polar surface area (TPSA) is 57.9 Å². The van der Waals surface area contributed by atoms with Crippen LogP contribution in [-0.2, 0) is 0 Å². The second-order valence-corrected chi connectivity index (χ2v) is 6.31. The van der Waals surface area contributed by atoms with Crippen LogP contribution in [0.3, 0.4) is 0 Å². The molecule has 3 N–H and O–H groups in total. The molecule has 96 valence electrons. The van der Waals surface area contributed by atoms with Crippen molar-refractivity contribution in [3.05, 3.63) is 22.5 Å². The van der Waals surface area contributed by atoms with Crippen LogP contribution >= 0.6 is 22.9 Å². The van der Waals surface area contributed by atoms with Gasteiger partial charge >= 0.3 is 0 Å². The second-order valence-electron chi connectivity index (χ2n) is 4.59. The van der Waals surface area contributed by atoms with Gasteiger partial charge in [0.2, 0.25) is 0 Å². The van der Waals surface area contributed by atoms with Gasteiger partial charge in [0.25, 0.3) is 0 Å². The van der Waals surface area contributed by atoms with E-state index in [4.69, 9.17) is 17.3 Å². The van der Waals surface area contributed by atoms with Crippen LogP contribution in [0.1, 0.15) is 12.8 Å². The summed E-state index contributed by atoms with van der Waals surface area (Å²) in [5.74, 6) is 0.977. The Labute approximate surface area is 115 Å². The van der Waals surface area contributed by atoms with E-state index in [1.54, 1.807) is 11.3 Å². The standard InChI is InChI=1S/C12H15ClN4S/c13-11-4-3-10(18-11)9-6-12(16-15-9)17-5-1-2-8(14)7-17/h3-4,6,8H,1-2,5,7,14H2,(H,15,16). The van der Waals surface area contributed by atoms with E-state index in [1.165, 1.54) is 0 Å². The molecule has 6 heteroatoms. The predicted octanol–water partition coefficient (Wildman–Crippen LogP) is 2.72. The van der Waals surface area contributed by atoms with Crippen LogP contribution in [0, 0.1) is 0 Å². The lowest BCUT2D eigenvalue weighted by molar-refractivity contribution is 0.503. The van der Waals surface area contributed by atoms with E-state index in [1.807, 2.05) is 12.1 Å². The van der Waals surface area contributed by atoms with Crippen molar-refractivity contribution in [2.45, 2.75) is 18.9 Å². The molecule has 1 aliphatic rings. The molecule has 1 unspecified atom stereocenters. The number of H-pyrrole nitrogens is 1. The minimum atomic E-state index is 0.259. The fraction of sp³-hybridized carbons (Fsp3) is 0.417. The maximum absolute atomic E-state index is 5.99. The molecule has 0 aliphatic carbocycles. The first-order valence-electron chi connectivity index (χ1n) is 6.04. The van der Waals surface area contributed by atoms with Gasteiger partial charge in [-0.3, -0.25) is 5.10 Å². The summed E-state index contributed by atoms with van der Waals surface area (Å²) in [7, 11) is 0. The lowest BCUT2D eigenvalue weighted by Crippen LogP contribution is -2.43. The number of piperidine rings is 1. The molecule has 2 aromatic rings. The Hall–Kier alpha value is -1.04. The number of nitrogens with two attached hydrogens (primary N) is 1. The number of nitrogens with one attached hydrogen (secondary N) is 1.